The zero-order chi connectivity index (χ0) is 16.1. The highest BCUT2D eigenvalue weighted by molar-refractivity contribution is 6.34. The summed E-state index contributed by atoms with van der Waals surface area (Å²) in [5.41, 5.74) is 1.46. The van der Waals surface area contributed by atoms with E-state index in [2.05, 4.69) is 0 Å². The Labute approximate surface area is 131 Å². The fourth-order valence-electron chi connectivity index (χ4n) is 2.88. The monoisotopic (exact) mass is 311 g/mol. The van der Waals surface area contributed by atoms with E-state index in [1.807, 2.05) is 0 Å². The Morgan fingerprint density at radius 2 is 1.61 bits per heavy atom. The first kappa shape index (κ1) is 13.8. The Hall–Kier alpha value is -2.86. The van der Waals surface area contributed by atoms with Crippen LogP contribution in [0.5, 0.6) is 11.5 Å². The summed E-state index contributed by atoms with van der Waals surface area (Å²) in [6, 6.07) is 9.82. The number of amides is 2. The highest BCUT2D eigenvalue weighted by Crippen LogP contribution is 2.42. The molecule has 2 aliphatic rings. The van der Waals surface area contributed by atoms with Crippen LogP contribution >= 0.6 is 0 Å². The van der Waals surface area contributed by atoms with Gasteiger partial charge in [0, 0.05) is 11.6 Å². The van der Waals surface area contributed by atoms with Gasteiger partial charge in [-0.2, -0.15) is 0 Å². The van der Waals surface area contributed by atoms with Crippen LogP contribution in [0.2, 0.25) is 0 Å². The zero-order valence-corrected chi connectivity index (χ0v) is 12.3. The normalized spacial score (nSPS) is 16.7. The highest BCUT2D eigenvalue weighted by Gasteiger charge is 2.38. The Morgan fingerprint density at radius 1 is 1.04 bits per heavy atom. The number of benzene rings is 2. The molecule has 116 valence electrons. The summed E-state index contributed by atoms with van der Waals surface area (Å²) in [6.07, 6.45) is -0.871. The maximum Gasteiger partial charge on any atom is 0.266 e. The second kappa shape index (κ2) is 4.82. The van der Waals surface area contributed by atoms with Gasteiger partial charge in [-0.3, -0.25) is 9.59 Å². The predicted molar refractivity (Wildman–Crippen MR) is 80.8 cm³/mol. The molecule has 0 aliphatic carbocycles. The topological polar surface area (TPSA) is 76.1 Å². The van der Waals surface area contributed by atoms with Crippen LogP contribution in [0.4, 0.5) is 5.69 Å². The molecule has 2 heterocycles. The van der Waals surface area contributed by atoms with Crippen molar-refractivity contribution in [1.82, 2.24) is 0 Å². The number of hydrogen-bond donors (Lipinski definition) is 1. The third-order valence-electron chi connectivity index (χ3n) is 4.01. The molecule has 4 rings (SSSR count). The van der Waals surface area contributed by atoms with E-state index in [1.165, 1.54) is 0 Å². The molecule has 2 amide bonds. The molecule has 2 aliphatic heterocycles. The second-order valence-corrected chi connectivity index (χ2v) is 5.43. The molecule has 6 heteroatoms. The Balaban J connectivity index is 1.89. The van der Waals surface area contributed by atoms with E-state index in [4.69, 9.17) is 9.47 Å². The SMILES string of the molecule is CC(O)c1cc2c(cc1N1C(=O)c3ccccc3C1=O)OCO2. The van der Waals surface area contributed by atoms with Gasteiger partial charge in [0.05, 0.1) is 22.9 Å². The molecule has 23 heavy (non-hydrogen) atoms. The molecule has 6 nitrogen and oxygen atoms in total. The smallest absolute Gasteiger partial charge is 0.266 e. The van der Waals surface area contributed by atoms with Gasteiger partial charge in [0.25, 0.3) is 11.8 Å². The fraction of sp³-hybridized carbons (Fsp3) is 0.176. The lowest BCUT2D eigenvalue weighted by Gasteiger charge is -2.20. The summed E-state index contributed by atoms with van der Waals surface area (Å²) >= 11 is 0. The number of anilines is 1. The lowest BCUT2D eigenvalue weighted by Crippen LogP contribution is -2.30. The molecule has 2 aromatic rings. The molecular formula is C17H13NO5. The second-order valence-electron chi connectivity index (χ2n) is 5.43. The molecule has 0 aromatic heterocycles. The number of rotatable bonds is 2. The van der Waals surface area contributed by atoms with Gasteiger partial charge in [0.2, 0.25) is 6.79 Å². The van der Waals surface area contributed by atoms with Crippen molar-refractivity contribution >= 4 is 17.5 Å². The summed E-state index contributed by atoms with van der Waals surface area (Å²) in [7, 11) is 0. The zero-order valence-electron chi connectivity index (χ0n) is 12.3. The van der Waals surface area contributed by atoms with Crippen molar-refractivity contribution in [3.63, 3.8) is 0 Å². The molecule has 0 spiro atoms. The van der Waals surface area contributed by atoms with Crippen molar-refractivity contribution in [3.05, 3.63) is 53.1 Å². The Bertz CT molecular complexity index is 808. The molecule has 1 unspecified atom stereocenters. The summed E-state index contributed by atoms with van der Waals surface area (Å²) in [5.74, 6) is 0.111. The lowest BCUT2D eigenvalue weighted by molar-refractivity contribution is 0.0925. The molecule has 0 saturated heterocycles. The van der Waals surface area contributed by atoms with Gasteiger partial charge in [0.1, 0.15) is 0 Å². The van der Waals surface area contributed by atoms with E-state index in [0.29, 0.717) is 33.9 Å². The maximum atomic E-state index is 12.6. The van der Waals surface area contributed by atoms with Gasteiger partial charge in [0.15, 0.2) is 11.5 Å². The molecule has 1 atom stereocenters. The van der Waals surface area contributed by atoms with E-state index in [9.17, 15) is 14.7 Å². The van der Waals surface area contributed by atoms with Crippen LogP contribution in [0.1, 0.15) is 39.3 Å². The third-order valence-corrected chi connectivity index (χ3v) is 4.01. The third kappa shape index (κ3) is 1.92. The standard InChI is InChI=1S/C17H13NO5/c1-9(19)12-6-14-15(23-8-22-14)7-13(12)18-16(20)10-4-2-3-5-11(10)17(18)21/h2-7,9,19H,8H2,1H3. The molecular weight excluding hydrogens is 298 g/mol. The van der Waals surface area contributed by atoms with Crippen molar-refractivity contribution < 1.29 is 24.2 Å². The first-order valence-electron chi connectivity index (χ1n) is 7.17. The molecule has 2 aromatic carbocycles. The van der Waals surface area contributed by atoms with Crippen molar-refractivity contribution in [1.29, 1.82) is 0 Å². The largest absolute Gasteiger partial charge is 0.454 e. The number of aliphatic hydroxyl groups is 1. The van der Waals surface area contributed by atoms with Crippen LogP contribution in [-0.4, -0.2) is 23.7 Å². The van der Waals surface area contributed by atoms with E-state index in [1.54, 1.807) is 43.3 Å². The number of ether oxygens (including phenoxy) is 2. The van der Waals surface area contributed by atoms with E-state index < -0.39 is 17.9 Å². The Kier molecular flexibility index (Phi) is 2.89. The minimum Gasteiger partial charge on any atom is -0.454 e. The van der Waals surface area contributed by atoms with E-state index in [0.717, 1.165) is 4.90 Å². The van der Waals surface area contributed by atoms with E-state index in [-0.39, 0.29) is 6.79 Å². The highest BCUT2D eigenvalue weighted by atomic mass is 16.7. The average Bonchev–Trinajstić information content (AvgIpc) is 3.10. The first-order valence-corrected chi connectivity index (χ1v) is 7.17. The predicted octanol–water partition coefficient (Wildman–Crippen LogP) is 2.27. The molecule has 0 saturated carbocycles. The van der Waals surface area contributed by atoms with E-state index >= 15 is 0 Å². The van der Waals surface area contributed by atoms with Gasteiger partial charge in [-0.05, 0) is 25.1 Å². The van der Waals surface area contributed by atoms with Gasteiger partial charge in [-0.25, -0.2) is 4.90 Å². The first-order chi connectivity index (χ1) is 11.1. The van der Waals surface area contributed by atoms with Gasteiger partial charge < -0.3 is 14.6 Å². The quantitative estimate of drug-likeness (QED) is 0.861. The van der Waals surface area contributed by atoms with Gasteiger partial charge in [-0.1, -0.05) is 12.1 Å². The van der Waals surface area contributed by atoms with Crippen molar-refractivity contribution in [2.45, 2.75) is 13.0 Å². The van der Waals surface area contributed by atoms with Gasteiger partial charge in [-0.15, -0.1) is 0 Å². The fourth-order valence-corrected chi connectivity index (χ4v) is 2.88. The van der Waals surface area contributed by atoms with Crippen LogP contribution in [0.3, 0.4) is 0 Å². The minimum atomic E-state index is -0.871. The maximum absolute atomic E-state index is 12.6. The lowest BCUT2D eigenvalue weighted by atomic mass is 10.1. The van der Waals surface area contributed by atoms with Crippen molar-refractivity contribution in [2.24, 2.45) is 0 Å². The summed E-state index contributed by atoms with van der Waals surface area (Å²) < 4.78 is 10.6. The van der Waals surface area contributed by atoms with Crippen LogP contribution in [0.25, 0.3) is 0 Å². The minimum absolute atomic E-state index is 0.0696. The van der Waals surface area contributed by atoms with Crippen LogP contribution in [0, 0.1) is 0 Å². The van der Waals surface area contributed by atoms with Crippen LogP contribution in [0.15, 0.2) is 36.4 Å². The summed E-state index contributed by atoms with van der Waals surface area (Å²) in [5, 5.41) is 10.0. The Morgan fingerprint density at radius 3 is 2.17 bits per heavy atom. The number of imide groups is 1. The van der Waals surface area contributed by atoms with Crippen molar-refractivity contribution in [2.75, 3.05) is 11.7 Å². The number of carbonyl (C=O) groups excluding carboxylic acids is 2. The number of nitrogens with zero attached hydrogens (tertiary/aromatic N) is 1. The summed E-state index contributed by atoms with van der Waals surface area (Å²) in [4.78, 5) is 26.3. The van der Waals surface area contributed by atoms with Crippen LogP contribution in [-0.2, 0) is 0 Å². The summed E-state index contributed by atoms with van der Waals surface area (Å²) in [6.45, 7) is 1.64. The number of carbonyl (C=O) groups is 2. The van der Waals surface area contributed by atoms with Crippen molar-refractivity contribution in [3.8, 4) is 11.5 Å². The number of fused-ring (bicyclic) bond motifs is 2. The molecule has 1 N–H and O–H groups in total. The number of aliphatic hydroxyl groups excluding tert-OH is 1. The molecule has 0 radical (unpaired) electrons. The molecule has 0 fully saturated rings. The number of hydrogen-bond acceptors (Lipinski definition) is 5. The molecule has 0 bridgehead atoms. The van der Waals surface area contributed by atoms with Crippen LogP contribution < -0.4 is 14.4 Å². The van der Waals surface area contributed by atoms with Gasteiger partial charge >= 0.3 is 0 Å². The average molecular weight is 311 g/mol.